The van der Waals surface area contributed by atoms with Crippen LogP contribution in [0.4, 0.5) is 0 Å². The first-order chi connectivity index (χ1) is 27.6. The van der Waals surface area contributed by atoms with Crippen LogP contribution in [0, 0.1) is 5.92 Å². The van der Waals surface area contributed by atoms with Crippen molar-refractivity contribution in [1.82, 2.24) is 26.2 Å². The number of nitrogens with zero attached hydrogens (tertiary/aromatic N) is 3. The van der Waals surface area contributed by atoms with Gasteiger partial charge in [-0.3, -0.25) is 34.0 Å². The Bertz CT molecular complexity index is 1410. The van der Waals surface area contributed by atoms with E-state index in [1.54, 1.807) is 0 Å². The molecular formula is C36H68N14O7S. The minimum atomic E-state index is -1.22. The SMILES string of the molecule is CSC[C@H](N)C(=O)N[C@@H](CCCCN=C(N)N)C(=O)NCCCC[C@H](N)C(=O)N[C@@H](CCN)C(=O)N1C2CCCCC2C[C@H]1C(=O)N[C@@H](CCCN=C(N)N)C(=O)O. The van der Waals surface area contributed by atoms with Gasteiger partial charge in [0.15, 0.2) is 11.9 Å². The molecule has 22 heteroatoms. The number of guanidine groups is 2. The Morgan fingerprint density at radius 1 is 0.741 bits per heavy atom. The summed E-state index contributed by atoms with van der Waals surface area (Å²) < 4.78 is 0. The van der Waals surface area contributed by atoms with Gasteiger partial charge in [-0.15, -0.1) is 0 Å². The number of fused-ring (bicyclic) bond motifs is 1. The molecule has 58 heavy (non-hydrogen) atoms. The van der Waals surface area contributed by atoms with Crippen LogP contribution in [0.15, 0.2) is 9.98 Å². The van der Waals surface area contributed by atoms with Crippen LogP contribution in [0.5, 0.6) is 0 Å². The number of aliphatic carboxylic acids is 1. The van der Waals surface area contributed by atoms with Crippen molar-refractivity contribution in [1.29, 1.82) is 0 Å². The molecule has 19 N–H and O–H groups in total. The van der Waals surface area contributed by atoms with Gasteiger partial charge in [0.1, 0.15) is 24.2 Å². The van der Waals surface area contributed by atoms with Gasteiger partial charge in [0, 0.05) is 31.4 Å². The number of hydrogen-bond acceptors (Lipinski definition) is 12. The standard InChI is InChI=1S/C36H68N14O7S/c1-58-20-23(39)30(52)47-24(11-5-7-17-45-35(40)41)31(53)44-16-6-4-10-22(38)29(51)48-25(14-15-37)33(55)50-27-13-3-2-9-21(27)19-28(50)32(54)49-26(34(56)57)12-8-18-46-36(42)43/h21-28H,2-20,37-39H2,1H3,(H,44,53)(H,47,52)(H,48,51)(H,49,54)(H,56,57)(H4,40,41,45)(H4,42,43,46)/t21?,22-,23-,24-,25-,26-,27?,28-/m0/s1. The number of carbonyl (C=O) groups is 6. The molecule has 1 saturated carbocycles. The number of rotatable bonds is 27. The summed E-state index contributed by atoms with van der Waals surface area (Å²) >= 11 is 1.42. The van der Waals surface area contributed by atoms with E-state index < -0.39 is 65.8 Å². The highest BCUT2D eigenvalue weighted by Crippen LogP contribution is 2.40. The van der Waals surface area contributed by atoms with Crippen LogP contribution in [0.3, 0.4) is 0 Å². The molecule has 2 unspecified atom stereocenters. The predicted molar refractivity (Wildman–Crippen MR) is 224 cm³/mol. The van der Waals surface area contributed by atoms with E-state index in [-0.39, 0.29) is 68.7 Å². The Hall–Kier alpha value is -4.41. The molecule has 1 aliphatic carbocycles. The Balaban J connectivity index is 2.00. The molecule has 0 aromatic carbocycles. The highest BCUT2D eigenvalue weighted by Gasteiger charge is 2.49. The molecule has 8 atom stereocenters. The molecule has 0 radical (unpaired) electrons. The van der Waals surface area contributed by atoms with E-state index in [9.17, 15) is 33.9 Å². The molecule has 21 nitrogen and oxygen atoms in total. The second-order valence-corrected chi connectivity index (χ2v) is 15.8. The second-order valence-electron chi connectivity index (χ2n) is 14.9. The quantitative estimate of drug-likeness (QED) is 0.0221. The fourth-order valence-corrected chi connectivity index (χ4v) is 7.86. The topological polar surface area (TPSA) is 381 Å². The molecule has 0 aromatic heterocycles. The third kappa shape index (κ3) is 17.2. The van der Waals surface area contributed by atoms with Gasteiger partial charge in [-0.2, -0.15) is 11.8 Å². The van der Waals surface area contributed by atoms with E-state index in [0.29, 0.717) is 63.7 Å². The van der Waals surface area contributed by atoms with Crippen LogP contribution in [0.25, 0.3) is 0 Å². The van der Waals surface area contributed by atoms with Crippen molar-refractivity contribution in [3.8, 4) is 0 Å². The zero-order valence-electron chi connectivity index (χ0n) is 33.7. The van der Waals surface area contributed by atoms with Crippen molar-refractivity contribution < 1.29 is 33.9 Å². The predicted octanol–water partition coefficient (Wildman–Crippen LogP) is -3.16. The molecule has 2 rings (SSSR count). The lowest BCUT2D eigenvalue weighted by Crippen LogP contribution is -2.59. The van der Waals surface area contributed by atoms with E-state index >= 15 is 0 Å². The van der Waals surface area contributed by atoms with E-state index in [1.807, 2.05) is 6.26 Å². The Kier molecular flexibility index (Phi) is 22.8. The van der Waals surface area contributed by atoms with Crippen LogP contribution >= 0.6 is 11.8 Å². The molecule has 2 fully saturated rings. The summed E-state index contributed by atoms with van der Waals surface area (Å²) in [5, 5.41) is 20.8. The summed E-state index contributed by atoms with van der Waals surface area (Å²) in [6.45, 7) is 0.919. The van der Waals surface area contributed by atoms with Crippen LogP contribution in [-0.2, 0) is 28.8 Å². The maximum absolute atomic E-state index is 14.2. The lowest BCUT2D eigenvalue weighted by molar-refractivity contribution is -0.146. The van der Waals surface area contributed by atoms with Crippen LogP contribution in [-0.4, -0.2) is 138 Å². The fraction of sp³-hybridized carbons (Fsp3) is 0.778. The van der Waals surface area contributed by atoms with Gasteiger partial charge in [0.25, 0.3) is 0 Å². The van der Waals surface area contributed by atoms with Crippen molar-refractivity contribution in [2.45, 2.75) is 132 Å². The largest absolute Gasteiger partial charge is 0.480 e. The number of likely N-dealkylation sites (tertiary alicyclic amines) is 1. The smallest absolute Gasteiger partial charge is 0.326 e. The van der Waals surface area contributed by atoms with Crippen molar-refractivity contribution in [3.63, 3.8) is 0 Å². The number of unbranched alkanes of at least 4 members (excludes halogenated alkanes) is 2. The second kappa shape index (κ2) is 26.6. The summed E-state index contributed by atoms with van der Waals surface area (Å²) in [5.74, 6) is -3.31. The average molecular weight is 841 g/mol. The van der Waals surface area contributed by atoms with Gasteiger partial charge < -0.3 is 71.4 Å². The van der Waals surface area contributed by atoms with Gasteiger partial charge >= 0.3 is 5.97 Å². The fourth-order valence-electron chi connectivity index (χ4n) is 7.35. The van der Waals surface area contributed by atoms with Crippen LogP contribution in [0.1, 0.15) is 89.9 Å². The average Bonchev–Trinajstić information content (AvgIpc) is 3.57. The van der Waals surface area contributed by atoms with Gasteiger partial charge in [-0.1, -0.05) is 12.8 Å². The molecule has 330 valence electrons. The molecule has 0 bridgehead atoms. The van der Waals surface area contributed by atoms with Gasteiger partial charge in [0.2, 0.25) is 29.5 Å². The van der Waals surface area contributed by atoms with E-state index in [1.165, 1.54) is 16.7 Å². The van der Waals surface area contributed by atoms with Gasteiger partial charge in [-0.25, -0.2) is 4.79 Å². The molecule has 1 aliphatic heterocycles. The van der Waals surface area contributed by atoms with Crippen molar-refractivity contribution in [3.05, 3.63) is 0 Å². The van der Waals surface area contributed by atoms with E-state index in [2.05, 4.69) is 31.3 Å². The molecule has 1 heterocycles. The van der Waals surface area contributed by atoms with E-state index in [4.69, 9.17) is 40.1 Å². The zero-order chi connectivity index (χ0) is 43.2. The third-order valence-corrected chi connectivity index (χ3v) is 11.1. The number of hydrogen-bond donors (Lipinski definition) is 12. The summed E-state index contributed by atoms with van der Waals surface area (Å²) in [4.78, 5) is 88.2. The molecular weight excluding hydrogens is 773 g/mol. The van der Waals surface area contributed by atoms with Crippen molar-refractivity contribution >= 4 is 59.2 Å². The first-order valence-electron chi connectivity index (χ1n) is 20.2. The first kappa shape index (κ1) is 49.7. The summed E-state index contributed by atoms with van der Waals surface area (Å²) in [6.07, 6.45) is 8.74. The van der Waals surface area contributed by atoms with Gasteiger partial charge in [-0.05, 0) is 95.8 Å². The van der Waals surface area contributed by atoms with Crippen LogP contribution in [0.2, 0.25) is 0 Å². The Morgan fingerprint density at radius 2 is 1.34 bits per heavy atom. The van der Waals surface area contributed by atoms with Crippen molar-refractivity contribution in [2.24, 2.45) is 56.0 Å². The minimum Gasteiger partial charge on any atom is -0.480 e. The highest BCUT2D eigenvalue weighted by atomic mass is 32.2. The number of carbonyl (C=O) groups excluding carboxylic acids is 5. The van der Waals surface area contributed by atoms with Crippen molar-refractivity contribution in [2.75, 3.05) is 38.2 Å². The molecule has 2 aliphatic rings. The third-order valence-electron chi connectivity index (χ3n) is 10.4. The van der Waals surface area contributed by atoms with Crippen LogP contribution < -0.4 is 61.4 Å². The number of thioether (sulfide) groups is 1. The normalized spacial score (nSPS) is 19.9. The van der Waals surface area contributed by atoms with Gasteiger partial charge in [0.05, 0.1) is 12.1 Å². The Morgan fingerprint density at radius 3 is 1.98 bits per heavy atom. The Labute approximate surface area is 345 Å². The molecule has 0 spiro atoms. The lowest BCUT2D eigenvalue weighted by Gasteiger charge is -2.36. The minimum absolute atomic E-state index is 0.0234. The number of carboxylic acids is 1. The number of nitrogens with two attached hydrogens (primary N) is 7. The first-order valence-corrected chi connectivity index (χ1v) is 21.5. The molecule has 5 amide bonds. The number of aliphatic imine (C=N–C) groups is 2. The molecule has 1 saturated heterocycles. The zero-order valence-corrected chi connectivity index (χ0v) is 34.6. The maximum atomic E-state index is 14.2. The van der Waals surface area contributed by atoms with E-state index in [0.717, 1.165) is 19.3 Å². The lowest BCUT2D eigenvalue weighted by atomic mass is 9.84. The monoisotopic (exact) mass is 841 g/mol. The number of carboxylic acid groups (broad SMARTS) is 1. The number of amides is 5. The highest BCUT2D eigenvalue weighted by molar-refractivity contribution is 7.98. The maximum Gasteiger partial charge on any atom is 0.326 e. The summed E-state index contributed by atoms with van der Waals surface area (Å²) in [7, 11) is 0. The number of nitrogens with one attached hydrogen (secondary N) is 4. The summed E-state index contributed by atoms with van der Waals surface area (Å²) in [6, 6.07) is -5.99. The molecule has 0 aromatic rings. The summed E-state index contributed by atoms with van der Waals surface area (Å²) in [5.41, 5.74) is 39.5.